The van der Waals surface area contributed by atoms with E-state index in [4.69, 9.17) is 4.74 Å². The summed E-state index contributed by atoms with van der Waals surface area (Å²) in [6.07, 6.45) is 2.75. The summed E-state index contributed by atoms with van der Waals surface area (Å²) in [7, 11) is 0. The smallest absolute Gasteiger partial charge is 0.316 e. The molecule has 0 aliphatic carbocycles. The molecule has 1 aliphatic heterocycles. The molecule has 1 atom stereocenters. The van der Waals surface area contributed by atoms with Crippen LogP contribution in [0.3, 0.4) is 0 Å². The first-order chi connectivity index (χ1) is 11.6. The zero-order valence-corrected chi connectivity index (χ0v) is 15.7. The summed E-state index contributed by atoms with van der Waals surface area (Å²) in [6.45, 7) is 6.34. The first-order valence-electron chi connectivity index (χ1n) is 8.21. The van der Waals surface area contributed by atoms with E-state index in [1.165, 1.54) is 23.1 Å². The van der Waals surface area contributed by atoms with E-state index in [0.29, 0.717) is 34.3 Å². The quantitative estimate of drug-likeness (QED) is 0.410. The highest BCUT2D eigenvalue weighted by Gasteiger charge is 2.22. The molecule has 2 rings (SSSR count). The van der Waals surface area contributed by atoms with E-state index in [9.17, 15) is 9.59 Å². The van der Waals surface area contributed by atoms with Crippen LogP contribution in [0.1, 0.15) is 33.1 Å². The number of amides is 1. The molecule has 1 saturated heterocycles. The van der Waals surface area contributed by atoms with Crippen molar-refractivity contribution in [3.63, 3.8) is 0 Å². The van der Waals surface area contributed by atoms with E-state index in [1.54, 1.807) is 6.92 Å². The second-order valence-corrected chi connectivity index (χ2v) is 7.98. The van der Waals surface area contributed by atoms with Gasteiger partial charge in [-0.25, -0.2) is 0 Å². The second kappa shape index (κ2) is 9.95. The minimum absolute atomic E-state index is 0.0286. The fraction of sp³-hybridized carbons (Fsp3) is 0.733. The number of ether oxygens (including phenoxy) is 1. The van der Waals surface area contributed by atoms with Crippen molar-refractivity contribution in [3.8, 4) is 0 Å². The van der Waals surface area contributed by atoms with E-state index in [2.05, 4.69) is 27.8 Å². The number of hydrogen-bond acceptors (Lipinski definition) is 8. The SMILES string of the molecule is CCOC(=O)CSc1nnc(NC(=O)CC(C)C2CCNCC2)s1. The van der Waals surface area contributed by atoms with Gasteiger partial charge in [-0.1, -0.05) is 30.0 Å². The van der Waals surface area contributed by atoms with Crippen LogP contribution in [0.2, 0.25) is 0 Å². The highest BCUT2D eigenvalue weighted by molar-refractivity contribution is 8.01. The van der Waals surface area contributed by atoms with Crippen LogP contribution in [0.5, 0.6) is 0 Å². The van der Waals surface area contributed by atoms with Crippen molar-refractivity contribution in [2.45, 2.75) is 37.4 Å². The van der Waals surface area contributed by atoms with Gasteiger partial charge in [0.05, 0.1) is 12.4 Å². The lowest BCUT2D eigenvalue weighted by molar-refractivity contribution is -0.139. The Hall–Kier alpha value is -1.19. The van der Waals surface area contributed by atoms with E-state index in [0.717, 1.165) is 25.9 Å². The van der Waals surface area contributed by atoms with E-state index in [-0.39, 0.29) is 17.6 Å². The lowest BCUT2D eigenvalue weighted by atomic mass is 9.84. The third kappa shape index (κ3) is 6.37. The zero-order chi connectivity index (χ0) is 17.4. The van der Waals surface area contributed by atoms with Gasteiger partial charge in [-0.3, -0.25) is 9.59 Å². The number of carbonyl (C=O) groups excluding carboxylic acids is 2. The van der Waals surface area contributed by atoms with Gasteiger partial charge in [0, 0.05) is 6.42 Å². The number of nitrogens with one attached hydrogen (secondary N) is 2. The number of anilines is 1. The van der Waals surface area contributed by atoms with Crippen molar-refractivity contribution < 1.29 is 14.3 Å². The lowest BCUT2D eigenvalue weighted by Crippen LogP contribution is -2.32. The number of thioether (sulfide) groups is 1. The summed E-state index contributed by atoms with van der Waals surface area (Å²) in [5.41, 5.74) is 0. The molecule has 1 aromatic heterocycles. The van der Waals surface area contributed by atoms with Gasteiger partial charge in [0.1, 0.15) is 0 Å². The summed E-state index contributed by atoms with van der Waals surface area (Å²) < 4.78 is 5.50. The van der Waals surface area contributed by atoms with Crippen molar-refractivity contribution in [2.75, 3.05) is 30.8 Å². The molecule has 2 heterocycles. The second-order valence-electron chi connectivity index (χ2n) is 5.78. The molecular weight excluding hydrogens is 348 g/mol. The van der Waals surface area contributed by atoms with E-state index < -0.39 is 0 Å². The molecule has 0 saturated carbocycles. The van der Waals surface area contributed by atoms with Gasteiger partial charge < -0.3 is 15.4 Å². The Morgan fingerprint density at radius 2 is 2.17 bits per heavy atom. The normalized spacial score (nSPS) is 16.6. The molecule has 2 N–H and O–H groups in total. The zero-order valence-electron chi connectivity index (χ0n) is 14.0. The van der Waals surface area contributed by atoms with Crippen LogP contribution in [0.4, 0.5) is 5.13 Å². The summed E-state index contributed by atoms with van der Waals surface area (Å²) in [5.74, 6) is 0.849. The average molecular weight is 373 g/mol. The minimum Gasteiger partial charge on any atom is -0.465 e. The van der Waals surface area contributed by atoms with Gasteiger partial charge in [0.2, 0.25) is 11.0 Å². The Morgan fingerprint density at radius 1 is 1.42 bits per heavy atom. The number of hydrogen-bond donors (Lipinski definition) is 2. The monoisotopic (exact) mass is 372 g/mol. The first-order valence-corrected chi connectivity index (χ1v) is 10.0. The van der Waals surface area contributed by atoms with Crippen molar-refractivity contribution in [1.82, 2.24) is 15.5 Å². The fourth-order valence-electron chi connectivity index (χ4n) is 2.68. The Morgan fingerprint density at radius 3 is 2.88 bits per heavy atom. The van der Waals surface area contributed by atoms with Crippen LogP contribution in [0, 0.1) is 11.8 Å². The van der Waals surface area contributed by atoms with Gasteiger partial charge in [-0.2, -0.15) is 0 Å². The molecule has 0 bridgehead atoms. The number of carbonyl (C=O) groups is 2. The van der Waals surface area contributed by atoms with Gasteiger partial charge >= 0.3 is 5.97 Å². The van der Waals surface area contributed by atoms with E-state index >= 15 is 0 Å². The van der Waals surface area contributed by atoms with Gasteiger partial charge in [0.25, 0.3) is 0 Å². The van der Waals surface area contributed by atoms with E-state index in [1.807, 2.05) is 0 Å². The molecule has 134 valence electrons. The van der Waals surface area contributed by atoms with Gasteiger partial charge in [-0.05, 0) is 44.7 Å². The molecule has 1 unspecified atom stereocenters. The number of aromatic nitrogens is 2. The molecule has 0 spiro atoms. The third-order valence-electron chi connectivity index (χ3n) is 3.97. The summed E-state index contributed by atoms with van der Waals surface area (Å²) in [4.78, 5) is 23.5. The summed E-state index contributed by atoms with van der Waals surface area (Å²) in [6, 6.07) is 0. The van der Waals surface area contributed by atoms with Crippen LogP contribution in [-0.4, -0.2) is 47.5 Å². The summed E-state index contributed by atoms with van der Waals surface area (Å²) >= 11 is 2.54. The third-order valence-corrected chi connectivity index (χ3v) is 5.91. The Bertz CT molecular complexity index is 547. The molecule has 1 fully saturated rings. The molecule has 1 aromatic rings. The Balaban J connectivity index is 1.74. The van der Waals surface area contributed by atoms with Crippen molar-refractivity contribution in [3.05, 3.63) is 0 Å². The van der Waals surface area contributed by atoms with Crippen LogP contribution < -0.4 is 10.6 Å². The van der Waals surface area contributed by atoms with Crippen molar-refractivity contribution in [1.29, 1.82) is 0 Å². The lowest BCUT2D eigenvalue weighted by Gasteiger charge is -2.27. The molecule has 0 aromatic carbocycles. The maximum atomic E-state index is 12.2. The predicted octanol–water partition coefficient (Wildman–Crippen LogP) is 2.16. The molecular formula is C15H24N4O3S2. The van der Waals surface area contributed by atoms with Crippen molar-refractivity contribution in [2.24, 2.45) is 11.8 Å². The topological polar surface area (TPSA) is 93.2 Å². The number of esters is 1. The molecule has 9 heteroatoms. The van der Waals surface area contributed by atoms with Gasteiger partial charge in [0.15, 0.2) is 4.34 Å². The predicted molar refractivity (Wildman–Crippen MR) is 95.3 cm³/mol. The van der Waals surface area contributed by atoms with Crippen molar-refractivity contribution >= 4 is 40.1 Å². The number of piperidine rings is 1. The largest absolute Gasteiger partial charge is 0.465 e. The molecule has 1 aliphatic rings. The van der Waals surface area contributed by atoms with Crippen LogP contribution in [0.25, 0.3) is 0 Å². The molecule has 1 amide bonds. The Kier molecular flexibility index (Phi) is 7.93. The highest BCUT2D eigenvalue weighted by atomic mass is 32.2. The maximum absolute atomic E-state index is 12.2. The van der Waals surface area contributed by atoms with Crippen LogP contribution in [0.15, 0.2) is 4.34 Å². The molecule has 24 heavy (non-hydrogen) atoms. The van der Waals surface area contributed by atoms with Crippen LogP contribution >= 0.6 is 23.1 Å². The molecule has 7 nitrogen and oxygen atoms in total. The first kappa shape index (κ1) is 19.1. The number of nitrogens with zero attached hydrogens (tertiary/aromatic N) is 2. The maximum Gasteiger partial charge on any atom is 0.316 e. The Labute approximate surface area is 150 Å². The number of rotatable bonds is 8. The fourth-order valence-corrected chi connectivity index (χ4v) is 4.25. The minimum atomic E-state index is -0.279. The standard InChI is InChI=1S/C15H24N4O3S2/c1-3-22-13(21)9-23-15-19-18-14(24-15)17-12(20)8-10(2)11-4-6-16-7-5-11/h10-11,16H,3-9H2,1-2H3,(H,17,18,20). The van der Waals surface area contributed by atoms with Gasteiger partial charge in [-0.15, -0.1) is 10.2 Å². The summed E-state index contributed by atoms with van der Waals surface area (Å²) in [5, 5.41) is 14.5. The highest BCUT2D eigenvalue weighted by Crippen LogP contribution is 2.27. The average Bonchev–Trinajstić information content (AvgIpc) is 3.01. The van der Waals surface area contributed by atoms with Crippen LogP contribution in [-0.2, 0) is 14.3 Å². The molecule has 0 radical (unpaired) electrons.